The maximum absolute atomic E-state index is 13.0. The fraction of sp³-hybridized carbons (Fsp3) is 0.500. The molecule has 2 aliphatic rings. The van der Waals surface area contributed by atoms with E-state index in [0.717, 1.165) is 32.6 Å². The summed E-state index contributed by atoms with van der Waals surface area (Å²) in [7, 11) is 0. The first kappa shape index (κ1) is 17.7. The summed E-state index contributed by atoms with van der Waals surface area (Å²) in [6.07, 6.45) is 7.01. The molecular formula is C22H28N2OS. The molecule has 3 heterocycles. The standard InChI is InChI=1S/C22H28N2OS/c25-22(23-13-3-1-4-14-23)20-7-2-5-15-24(20)17-18-9-11-19(12-10-18)21-8-6-16-26-21/h6,8-12,16,20H,1-5,7,13-15,17H2. The third kappa shape index (κ3) is 4.02. The number of piperidine rings is 2. The summed E-state index contributed by atoms with van der Waals surface area (Å²) in [5.74, 6) is 0.375. The fourth-order valence-electron chi connectivity index (χ4n) is 4.24. The van der Waals surface area contributed by atoms with Crippen LogP contribution in [-0.4, -0.2) is 41.4 Å². The van der Waals surface area contributed by atoms with E-state index in [0.29, 0.717) is 5.91 Å². The highest BCUT2D eigenvalue weighted by molar-refractivity contribution is 7.13. The molecule has 4 heteroatoms. The molecule has 4 rings (SSSR count). The van der Waals surface area contributed by atoms with Gasteiger partial charge in [0, 0.05) is 24.5 Å². The van der Waals surface area contributed by atoms with Gasteiger partial charge in [0.05, 0.1) is 6.04 Å². The Morgan fingerprint density at radius 1 is 0.962 bits per heavy atom. The summed E-state index contributed by atoms with van der Waals surface area (Å²) in [4.78, 5) is 18.9. The second-order valence-electron chi connectivity index (χ2n) is 7.54. The monoisotopic (exact) mass is 368 g/mol. The Morgan fingerprint density at radius 3 is 2.46 bits per heavy atom. The number of benzene rings is 1. The normalized spacial score (nSPS) is 21.7. The van der Waals surface area contributed by atoms with Crippen LogP contribution in [0.1, 0.15) is 44.1 Å². The van der Waals surface area contributed by atoms with Crippen molar-refractivity contribution in [2.24, 2.45) is 0 Å². The smallest absolute Gasteiger partial charge is 0.239 e. The first-order chi connectivity index (χ1) is 12.8. The molecule has 3 nitrogen and oxygen atoms in total. The van der Waals surface area contributed by atoms with E-state index in [9.17, 15) is 4.79 Å². The molecule has 1 aromatic heterocycles. The highest BCUT2D eigenvalue weighted by Crippen LogP contribution is 2.26. The minimum absolute atomic E-state index is 0.0822. The van der Waals surface area contributed by atoms with E-state index >= 15 is 0 Å². The van der Waals surface area contributed by atoms with Gasteiger partial charge in [-0.2, -0.15) is 0 Å². The van der Waals surface area contributed by atoms with Crippen LogP contribution in [0.2, 0.25) is 0 Å². The summed E-state index contributed by atoms with van der Waals surface area (Å²) < 4.78 is 0. The van der Waals surface area contributed by atoms with E-state index in [4.69, 9.17) is 0 Å². The number of thiophene rings is 1. The molecule has 2 aromatic rings. The molecule has 1 unspecified atom stereocenters. The van der Waals surface area contributed by atoms with Crippen molar-refractivity contribution in [2.75, 3.05) is 19.6 Å². The molecule has 0 radical (unpaired) electrons. The zero-order valence-electron chi connectivity index (χ0n) is 15.4. The maximum Gasteiger partial charge on any atom is 0.239 e. The molecule has 2 saturated heterocycles. The summed E-state index contributed by atoms with van der Waals surface area (Å²) in [6.45, 7) is 3.84. The van der Waals surface area contributed by atoms with Crippen molar-refractivity contribution in [3.05, 3.63) is 47.3 Å². The van der Waals surface area contributed by atoms with E-state index in [2.05, 4.69) is 51.6 Å². The van der Waals surface area contributed by atoms with Crippen molar-refractivity contribution < 1.29 is 4.79 Å². The SMILES string of the molecule is O=C(C1CCCCN1Cc1ccc(-c2cccs2)cc1)N1CCCCC1. The second kappa shape index (κ2) is 8.36. The largest absolute Gasteiger partial charge is 0.341 e. The van der Waals surface area contributed by atoms with Crippen LogP contribution >= 0.6 is 11.3 Å². The Morgan fingerprint density at radius 2 is 1.73 bits per heavy atom. The van der Waals surface area contributed by atoms with E-state index in [-0.39, 0.29) is 6.04 Å². The first-order valence-electron chi connectivity index (χ1n) is 9.97. The Labute approximate surface area is 160 Å². The number of amides is 1. The number of nitrogens with zero attached hydrogens (tertiary/aromatic N) is 2. The summed E-state index contributed by atoms with van der Waals surface area (Å²) in [5.41, 5.74) is 2.59. The third-order valence-electron chi connectivity index (χ3n) is 5.71. The molecule has 1 aromatic carbocycles. The highest BCUT2D eigenvalue weighted by Gasteiger charge is 2.32. The molecular weight excluding hydrogens is 340 g/mol. The number of hydrogen-bond acceptors (Lipinski definition) is 3. The van der Waals surface area contributed by atoms with Crippen molar-refractivity contribution in [1.82, 2.24) is 9.80 Å². The molecule has 138 valence electrons. The fourth-order valence-corrected chi connectivity index (χ4v) is 4.97. The Bertz CT molecular complexity index is 704. The first-order valence-corrected chi connectivity index (χ1v) is 10.8. The Balaban J connectivity index is 1.44. The van der Waals surface area contributed by atoms with Crippen molar-refractivity contribution in [3.8, 4) is 10.4 Å². The molecule has 1 atom stereocenters. The predicted octanol–water partition coefficient (Wildman–Crippen LogP) is 4.78. The van der Waals surface area contributed by atoms with Crippen LogP contribution < -0.4 is 0 Å². The molecule has 26 heavy (non-hydrogen) atoms. The second-order valence-corrected chi connectivity index (χ2v) is 8.49. The maximum atomic E-state index is 13.0. The lowest BCUT2D eigenvalue weighted by atomic mass is 9.98. The zero-order valence-corrected chi connectivity index (χ0v) is 16.2. The van der Waals surface area contributed by atoms with Crippen LogP contribution in [-0.2, 0) is 11.3 Å². The van der Waals surface area contributed by atoms with E-state index in [1.165, 1.54) is 48.1 Å². The van der Waals surface area contributed by atoms with Crippen LogP contribution in [0, 0.1) is 0 Å². The summed E-state index contributed by atoms with van der Waals surface area (Å²) >= 11 is 1.78. The van der Waals surface area contributed by atoms with Crippen LogP contribution in [0.5, 0.6) is 0 Å². The highest BCUT2D eigenvalue weighted by atomic mass is 32.1. The molecule has 2 aliphatic heterocycles. The van der Waals surface area contributed by atoms with Crippen molar-refractivity contribution in [3.63, 3.8) is 0 Å². The average molecular weight is 369 g/mol. The van der Waals surface area contributed by atoms with E-state index in [1.807, 2.05) is 0 Å². The van der Waals surface area contributed by atoms with Gasteiger partial charge in [-0.1, -0.05) is 36.8 Å². The van der Waals surface area contributed by atoms with Crippen molar-refractivity contribution in [2.45, 2.75) is 51.1 Å². The Hall–Kier alpha value is -1.65. The van der Waals surface area contributed by atoms with Gasteiger partial charge in [0.25, 0.3) is 0 Å². The lowest BCUT2D eigenvalue weighted by molar-refractivity contribution is -0.139. The van der Waals surface area contributed by atoms with Gasteiger partial charge < -0.3 is 4.90 Å². The van der Waals surface area contributed by atoms with Gasteiger partial charge in [-0.25, -0.2) is 0 Å². The lowest BCUT2D eigenvalue weighted by Gasteiger charge is -2.39. The van der Waals surface area contributed by atoms with Crippen LogP contribution in [0.15, 0.2) is 41.8 Å². The quantitative estimate of drug-likeness (QED) is 0.775. The van der Waals surface area contributed by atoms with Crippen LogP contribution in [0.4, 0.5) is 0 Å². The number of carbonyl (C=O) groups excluding carboxylic acids is 1. The van der Waals surface area contributed by atoms with Crippen LogP contribution in [0.25, 0.3) is 10.4 Å². The predicted molar refractivity (Wildman–Crippen MR) is 108 cm³/mol. The molecule has 0 N–H and O–H groups in total. The average Bonchev–Trinajstić information content (AvgIpc) is 3.24. The van der Waals surface area contributed by atoms with Crippen molar-refractivity contribution in [1.29, 1.82) is 0 Å². The van der Waals surface area contributed by atoms with Gasteiger partial charge in [-0.05, 0) is 61.2 Å². The molecule has 0 spiro atoms. The van der Waals surface area contributed by atoms with Gasteiger partial charge in [-0.3, -0.25) is 9.69 Å². The van der Waals surface area contributed by atoms with Crippen LogP contribution in [0.3, 0.4) is 0 Å². The number of rotatable bonds is 4. The van der Waals surface area contributed by atoms with E-state index in [1.54, 1.807) is 11.3 Å². The molecule has 0 saturated carbocycles. The van der Waals surface area contributed by atoms with Gasteiger partial charge in [0.15, 0.2) is 0 Å². The number of hydrogen-bond donors (Lipinski definition) is 0. The molecule has 0 aliphatic carbocycles. The zero-order chi connectivity index (χ0) is 17.8. The van der Waals surface area contributed by atoms with E-state index < -0.39 is 0 Å². The van der Waals surface area contributed by atoms with Gasteiger partial charge in [0.1, 0.15) is 0 Å². The van der Waals surface area contributed by atoms with Crippen molar-refractivity contribution >= 4 is 17.2 Å². The minimum Gasteiger partial charge on any atom is -0.341 e. The number of likely N-dealkylation sites (tertiary alicyclic amines) is 2. The molecule has 1 amide bonds. The Kier molecular flexibility index (Phi) is 5.71. The molecule has 0 bridgehead atoms. The molecule has 2 fully saturated rings. The minimum atomic E-state index is 0.0822. The van der Waals surface area contributed by atoms with Gasteiger partial charge in [-0.15, -0.1) is 11.3 Å². The summed E-state index contributed by atoms with van der Waals surface area (Å²) in [6, 6.07) is 13.2. The summed E-state index contributed by atoms with van der Waals surface area (Å²) in [5, 5.41) is 2.12. The number of carbonyl (C=O) groups is 1. The van der Waals surface area contributed by atoms with Gasteiger partial charge >= 0.3 is 0 Å². The third-order valence-corrected chi connectivity index (χ3v) is 6.63. The topological polar surface area (TPSA) is 23.6 Å². The lowest BCUT2D eigenvalue weighted by Crippen LogP contribution is -2.51. The van der Waals surface area contributed by atoms with Gasteiger partial charge in [0.2, 0.25) is 5.91 Å².